The summed E-state index contributed by atoms with van der Waals surface area (Å²) in [5, 5.41) is 3.02. The number of carbonyl (C=O) groups excluding carboxylic acids is 1. The second-order valence-corrected chi connectivity index (χ2v) is 6.12. The first-order chi connectivity index (χ1) is 9.65. The van der Waals surface area contributed by atoms with E-state index in [2.05, 4.69) is 17.1 Å². The molecular formula is C15H31Cl2N3O2. The van der Waals surface area contributed by atoms with E-state index in [-0.39, 0.29) is 30.7 Å². The summed E-state index contributed by atoms with van der Waals surface area (Å²) in [6, 6.07) is 0.690. The van der Waals surface area contributed by atoms with Crippen molar-refractivity contribution in [2.75, 3.05) is 32.8 Å². The smallest absolute Gasteiger partial charge is 0.240 e. The lowest BCUT2D eigenvalue weighted by atomic mass is 9.90. The van der Waals surface area contributed by atoms with Gasteiger partial charge in [0.2, 0.25) is 5.91 Å². The van der Waals surface area contributed by atoms with Crippen LogP contribution in [0.2, 0.25) is 0 Å². The van der Waals surface area contributed by atoms with Crippen molar-refractivity contribution < 1.29 is 9.53 Å². The Morgan fingerprint density at radius 2 is 2.00 bits per heavy atom. The van der Waals surface area contributed by atoms with E-state index in [4.69, 9.17) is 10.5 Å². The van der Waals surface area contributed by atoms with Crippen molar-refractivity contribution >= 4 is 30.7 Å². The van der Waals surface area contributed by atoms with Crippen LogP contribution in [0, 0.1) is 0 Å². The Hall–Kier alpha value is -0.0700. The number of hydrogen-bond donors (Lipinski definition) is 2. The molecule has 132 valence electrons. The quantitative estimate of drug-likeness (QED) is 0.787. The van der Waals surface area contributed by atoms with Gasteiger partial charge in [0.1, 0.15) is 0 Å². The van der Waals surface area contributed by atoms with Gasteiger partial charge in [-0.15, -0.1) is 24.8 Å². The molecule has 0 bridgehead atoms. The molecule has 2 saturated heterocycles. The van der Waals surface area contributed by atoms with E-state index in [9.17, 15) is 4.79 Å². The van der Waals surface area contributed by atoms with E-state index < -0.39 is 5.54 Å². The average Bonchev–Trinajstić information content (AvgIpc) is 2.48. The van der Waals surface area contributed by atoms with Gasteiger partial charge in [-0.3, -0.25) is 9.69 Å². The summed E-state index contributed by atoms with van der Waals surface area (Å²) in [6.45, 7) is 6.24. The second-order valence-electron chi connectivity index (χ2n) is 6.12. The number of amides is 1. The molecule has 5 nitrogen and oxygen atoms in total. The van der Waals surface area contributed by atoms with Gasteiger partial charge in [-0.05, 0) is 38.6 Å². The summed E-state index contributed by atoms with van der Waals surface area (Å²) in [4.78, 5) is 14.7. The average molecular weight is 356 g/mol. The van der Waals surface area contributed by atoms with Crippen LogP contribution in [0.15, 0.2) is 0 Å². The van der Waals surface area contributed by atoms with Crippen LogP contribution < -0.4 is 11.1 Å². The van der Waals surface area contributed by atoms with Crippen LogP contribution in [0.4, 0.5) is 0 Å². The Balaban J connectivity index is 0.00000220. The van der Waals surface area contributed by atoms with Crippen molar-refractivity contribution in [2.24, 2.45) is 5.73 Å². The zero-order chi connectivity index (χ0) is 14.4. The van der Waals surface area contributed by atoms with Gasteiger partial charge in [0, 0.05) is 32.3 Å². The molecule has 0 aromatic carbocycles. The van der Waals surface area contributed by atoms with Crippen molar-refractivity contribution in [1.29, 1.82) is 0 Å². The summed E-state index contributed by atoms with van der Waals surface area (Å²) < 4.78 is 5.28. The Kier molecular flexibility index (Phi) is 10.6. The molecule has 2 fully saturated rings. The summed E-state index contributed by atoms with van der Waals surface area (Å²) in [5.74, 6) is -0.00846. The third kappa shape index (κ3) is 5.85. The summed E-state index contributed by atoms with van der Waals surface area (Å²) in [5.41, 5.74) is 5.45. The molecule has 2 heterocycles. The van der Waals surface area contributed by atoms with Gasteiger partial charge in [0.15, 0.2) is 0 Å². The normalized spacial score (nSPS) is 24.7. The number of piperidine rings is 1. The number of nitrogens with one attached hydrogen (secondary N) is 1. The van der Waals surface area contributed by atoms with Gasteiger partial charge in [-0.1, -0.05) is 13.3 Å². The molecule has 3 N–H and O–H groups in total. The Morgan fingerprint density at radius 3 is 2.64 bits per heavy atom. The first-order valence-electron chi connectivity index (χ1n) is 8.05. The van der Waals surface area contributed by atoms with Crippen molar-refractivity contribution in [1.82, 2.24) is 10.2 Å². The fraction of sp³-hybridized carbons (Fsp3) is 0.933. The van der Waals surface area contributed by atoms with E-state index in [0.717, 1.165) is 13.1 Å². The van der Waals surface area contributed by atoms with E-state index in [0.29, 0.717) is 38.6 Å². The topological polar surface area (TPSA) is 67.6 Å². The molecule has 0 aromatic rings. The summed E-state index contributed by atoms with van der Waals surface area (Å²) in [7, 11) is 0. The Morgan fingerprint density at radius 1 is 1.32 bits per heavy atom. The van der Waals surface area contributed by atoms with Gasteiger partial charge in [0.05, 0.1) is 5.54 Å². The van der Waals surface area contributed by atoms with Crippen LogP contribution in [0.5, 0.6) is 0 Å². The second kappa shape index (κ2) is 10.7. The van der Waals surface area contributed by atoms with Gasteiger partial charge < -0.3 is 15.8 Å². The lowest BCUT2D eigenvalue weighted by Gasteiger charge is -2.36. The number of ether oxygens (including phenoxy) is 1. The minimum Gasteiger partial charge on any atom is -0.381 e. The maximum Gasteiger partial charge on any atom is 0.240 e. The molecule has 1 amide bonds. The molecule has 2 aliphatic heterocycles. The highest BCUT2D eigenvalue weighted by Crippen LogP contribution is 2.19. The number of hydrogen-bond acceptors (Lipinski definition) is 4. The summed E-state index contributed by atoms with van der Waals surface area (Å²) >= 11 is 0. The summed E-state index contributed by atoms with van der Waals surface area (Å²) in [6.07, 6.45) is 6.37. The fourth-order valence-corrected chi connectivity index (χ4v) is 3.27. The third-order valence-corrected chi connectivity index (χ3v) is 4.74. The van der Waals surface area contributed by atoms with E-state index in [1.165, 1.54) is 25.7 Å². The molecule has 0 aromatic heterocycles. The van der Waals surface area contributed by atoms with Crippen molar-refractivity contribution in [3.63, 3.8) is 0 Å². The number of nitrogens with two attached hydrogens (primary N) is 1. The molecule has 2 rings (SSSR count). The Bertz CT molecular complexity index is 326. The van der Waals surface area contributed by atoms with Crippen molar-refractivity contribution in [2.45, 2.75) is 57.0 Å². The minimum atomic E-state index is -0.718. The van der Waals surface area contributed by atoms with Crippen LogP contribution >= 0.6 is 24.8 Å². The first kappa shape index (κ1) is 21.9. The highest BCUT2D eigenvalue weighted by atomic mass is 35.5. The minimum absolute atomic E-state index is 0. The van der Waals surface area contributed by atoms with Gasteiger partial charge in [-0.2, -0.15) is 0 Å². The number of likely N-dealkylation sites (tertiary alicyclic amines) is 1. The van der Waals surface area contributed by atoms with Gasteiger partial charge >= 0.3 is 0 Å². The number of rotatable bonds is 5. The third-order valence-electron chi connectivity index (χ3n) is 4.74. The largest absolute Gasteiger partial charge is 0.381 e. The molecule has 1 atom stereocenters. The number of carbonyl (C=O) groups is 1. The molecule has 0 saturated carbocycles. The molecule has 2 aliphatic rings. The van der Waals surface area contributed by atoms with E-state index >= 15 is 0 Å². The molecular weight excluding hydrogens is 325 g/mol. The zero-order valence-electron chi connectivity index (χ0n) is 13.5. The van der Waals surface area contributed by atoms with Crippen LogP contribution in [-0.2, 0) is 9.53 Å². The maximum atomic E-state index is 12.2. The van der Waals surface area contributed by atoms with Gasteiger partial charge in [-0.25, -0.2) is 0 Å². The SMILES string of the molecule is CCC1CCCCN1CCNC(=O)C1(N)CCOCC1.Cl.Cl. The van der Waals surface area contributed by atoms with Crippen molar-refractivity contribution in [3.8, 4) is 0 Å². The highest BCUT2D eigenvalue weighted by Gasteiger charge is 2.35. The van der Waals surface area contributed by atoms with E-state index in [1.807, 2.05) is 0 Å². The van der Waals surface area contributed by atoms with Crippen LogP contribution in [0.25, 0.3) is 0 Å². The lowest BCUT2D eigenvalue weighted by Crippen LogP contribution is -2.57. The van der Waals surface area contributed by atoms with Gasteiger partial charge in [0.25, 0.3) is 0 Å². The van der Waals surface area contributed by atoms with Crippen molar-refractivity contribution in [3.05, 3.63) is 0 Å². The maximum absolute atomic E-state index is 12.2. The fourth-order valence-electron chi connectivity index (χ4n) is 3.27. The lowest BCUT2D eigenvalue weighted by molar-refractivity contribution is -0.129. The Labute approximate surface area is 146 Å². The first-order valence-corrected chi connectivity index (χ1v) is 8.05. The standard InChI is InChI=1S/C15H29N3O2.2ClH/c1-2-13-5-3-4-9-18(13)10-8-17-14(19)15(16)6-11-20-12-7-15;;/h13H,2-12,16H2,1H3,(H,17,19);2*1H. The molecule has 0 radical (unpaired) electrons. The van der Waals surface area contributed by atoms with E-state index in [1.54, 1.807) is 0 Å². The molecule has 1 unspecified atom stereocenters. The molecule has 22 heavy (non-hydrogen) atoms. The monoisotopic (exact) mass is 355 g/mol. The predicted octanol–water partition coefficient (Wildman–Crippen LogP) is 1.72. The number of nitrogens with zero attached hydrogens (tertiary/aromatic N) is 1. The number of halogens is 2. The predicted molar refractivity (Wildman–Crippen MR) is 94.0 cm³/mol. The molecule has 0 spiro atoms. The zero-order valence-corrected chi connectivity index (χ0v) is 15.1. The molecule has 0 aliphatic carbocycles. The van der Waals surface area contributed by atoms with Crippen LogP contribution in [-0.4, -0.2) is 55.2 Å². The molecule has 7 heteroatoms. The highest BCUT2D eigenvalue weighted by molar-refractivity contribution is 5.86. The van der Waals surface area contributed by atoms with Crippen LogP contribution in [0.1, 0.15) is 45.4 Å². The van der Waals surface area contributed by atoms with Crippen LogP contribution in [0.3, 0.4) is 0 Å².